The first kappa shape index (κ1) is 73.5. The quantitative estimate of drug-likeness (QED) is 0.0296. The smallest absolute Gasteiger partial charge is 0.381 e. The zero-order valence-electron chi connectivity index (χ0n) is 37.5. The SMILES string of the molecule is COCCO.O=[N+]([O-])CCO.OC(F)(F)CF.OC(c1ccccc1)(c1ccccc1)c1ccccc1.OC1CCCCC1Cl.OCC(Cl)(Cl)Cl.OCC(Cl)Cl.OCCCl.OCc1ccccc1Cl. The van der Waals surface area contributed by atoms with E-state index >= 15 is 0 Å². The van der Waals surface area contributed by atoms with Gasteiger partial charge >= 0.3 is 6.11 Å². The van der Waals surface area contributed by atoms with Crippen molar-refractivity contribution in [3.8, 4) is 0 Å². The molecule has 0 bridgehead atoms. The normalized spacial score (nSPS) is 13.7. The summed E-state index contributed by atoms with van der Waals surface area (Å²) in [6.07, 6.45) is -0.141. The van der Waals surface area contributed by atoms with Crippen molar-refractivity contribution in [1.82, 2.24) is 0 Å². The second kappa shape index (κ2) is 47.0. The van der Waals surface area contributed by atoms with Crippen LogP contribution in [0.25, 0.3) is 0 Å². The van der Waals surface area contributed by atoms with Crippen LogP contribution in [-0.2, 0) is 16.9 Å². The molecule has 9 N–H and O–H groups in total. The highest BCUT2D eigenvalue weighted by molar-refractivity contribution is 6.67. The minimum atomic E-state index is -4.12. The van der Waals surface area contributed by atoms with E-state index in [0.29, 0.717) is 17.5 Å². The summed E-state index contributed by atoms with van der Waals surface area (Å²) in [6.45, 7) is -2.65. The molecule has 0 heterocycles. The fraction of sp³-hybridized carbons (Fsp3) is 0.467. The Morgan fingerprint density at radius 2 is 1.10 bits per heavy atom. The van der Waals surface area contributed by atoms with Crippen molar-refractivity contribution in [3.05, 3.63) is 153 Å². The Balaban J connectivity index is -0.000000370. The Bertz CT molecular complexity index is 1610. The van der Waals surface area contributed by atoms with E-state index in [4.69, 9.17) is 134 Å². The first-order valence-electron chi connectivity index (χ1n) is 20.2. The van der Waals surface area contributed by atoms with Crippen LogP contribution < -0.4 is 0 Å². The Morgan fingerprint density at radius 3 is 1.28 bits per heavy atom. The Hall–Kier alpha value is -2.01. The van der Waals surface area contributed by atoms with Crippen molar-refractivity contribution < 1.29 is 68.8 Å². The van der Waals surface area contributed by atoms with Crippen LogP contribution in [0.5, 0.6) is 0 Å². The second-order valence-electron chi connectivity index (χ2n) is 13.0. The van der Waals surface area contributed by atoms with Gasteiger partial charge in [0, 0.05) is 22.9 Å². The van der Waals surface area contributed by atoms with Gasteiger partial charge in [0.05, 0.1) is 51.1 Å². The molecule has 1 aliphatic carbocycles. The summed E-state index contributed by atoms with van der Waals surface area (Å²) in [6, 6.07) is 36.6. The summed E-state index contributed by atoms with van der Waals surface area (Å²) >= 11 is 41.3. The molecule has 0 spiro atoms. The van der Waals surface area contributed by atoms with E-state index in [2.05, 4.69) is 4.74 Å². The Morgan fingerprint density at radius 1 is 0.739 bits per heavy atom. The molecule has 5 rings (SSSR count). The summed E-state index contributed by atoms with van der Waals surface area (Å²) in [5.41, 5.74) is 2.27. The number of nitrogens with zero attached hydrogens (tertiary/aromatic N) is 1. The monoisotopic (exact) mass is 1150 g/mol. The van der Waals surface area contributed by atoms with Gasteiger partial charge in [-0.15, -0.1) is 46.4 Å². The molecule has 2 unspecified atom stereocenters. The fourth-order valence-corrected chi connectivity index (χ4v) is 4.88. The van der Waals surface area contributed by atoms with Crippen molar-refractivity contribution in [2.75, 3.05) is 65.9 Å². The van der Waals surface area contributed by atoms with Gasteiger partial charge in [-0.05, 0) is 41.2 Å². The third-order valence-corrected chi connectivity index (χ3v) is 9.17. The second-order valence-corrected chi connectivity index (χ2v) is 18.1. The lowest BCUT2D eigenvalue weighted by Crippen LogP contribution is -2.28. The van der Waals surface area contributed by atoms with Crippen LogP contribution in [-0.4, -0.2) is 143 Å². The van der Waals surface area contributed by atoms with Crippen LogP contribution in [0.2, 0.25) is 5.02 Å². The molecule has 0 aromatic heterocycles. The maximum Gasteiger partial charge on any atom is 0.381 e. The third kappa shape index (κ3) is 44.4. The summed E-state index contributed by atoms with van der Waals surface area (Å²) < 4.78 is 34.7. The van der Waals surface area contributed by atoms with Gasteiger partial charge in [0.25, 0.3) is 0 Å². The number of aliphatic hydroxyl groups excluding tert-OH is 7. The molecule has 4 aromatic carbocycles. The molecule has 0 radical (unpaired) electrons. The highest BCUT2D eigenvalue weighted by atomic mass is 35.6. The van der Waals surface area contributed by atoms with Crippen LogP contribution >= 0.6 is 92.8 Å². The zero-order valence-corrected chi connectivity index (χ0v) is 43.5. The standard InChI is InChI=1S/C19H16O.C7H7ClO.C6H11ClO.C3H8O2.C2H3Cl3O.C2H4Cl2O.C2H5ClO.C2H3F3O.C2H5NO3/c20-19(16-10-4-1-5-11-16,17-12-6-2-7-13-17)18-14-8-3-9-15-18;8-7-4-2-1-3-6(7)5-9;7-5-3-1-2-4-6(5)8;1-5-3-2-4;3-2(4,5)1-6;3-2(4)1-5;3-1-2-4;3-1-2(4,5)6;4-2-1-3(5)6/h1-15,20H;1-4,9H,5H2;5-6,8H,1-4H2;4H,2-3H2,1H3;6H,1H2;2,5H,1H2;4H,1-2H2;6H,1H2;4H,1-2H2. The maximum absolute atomic E-state index is 11.4. The molecule has 69 heavy (non-hydrogen) atoms. The van der Waals surface area contributed by atoms with Crippen LogP contribution in [0.4, 0.5) is 13.2 Å². The number of aliphatic hydroxyl groups is 9. The highest BCUT2D eigenvalue weighted by Crippen LogP contribution is 2.36. The van der Waals surface area contributed by atoms with E-state index < -0.39 is 38.5 Å². The molecule has 1 fully saturated rings. The van der Waals surface area contributed by atoms with E-state index in [0.717, 1.165) is 41.5 Å². The molecule has 4 aromatic rings. The number of ether oxygens (including phenoxy) is 1. The molecule has 396 valence electrons. The Kier molecular flexibility index (Phi) is 50.1. The molecule has 1 saturated carbocycles. The minimum absolute atomic E-state index is 0.0136. The van der Waals surface area contributed by atoms with Crippen LogP contribution in [0.3, 0.4) is 0 Å². The first-order valence-corrected chi connectivity index (χ1v) is 23.6. The maximum atomic E-state index is 11.4. The topological polar surface area (TPSA) is 234 Å². The van der Waals surface area contributed by atoms with Crippen molar-refractivity contribution in [1.29, 1.82) is 0 Å². The van der Waals surface area contributed by atoms with E-state index in [-0.39, 0.29) is 51.1 Å². The van der Waals surface area contributed by atoms with Crippen LogP contribution in [0.15, 0.2) is 115 Å². The lowest BCUT2D eigenvalue weighted by atomic mass is 9.80. The van der Waals surface area contributed by atoms with Gasteiger partial charge in [-0.3, -0.25) is 10.1 Å². The van der Waals surface area contributed by atoms with Gasteiger partial charge in [-0.2, -0.15) is 8.78 Å². The van der Waals surface area contributed by atoms with Crippen molar-refractivity contribution in [2.45, 2.75) is 64.1 Å². The number of alkyl halides is 10. The van der Waals surface area contributed by atoms with Crippen LogP contribution in [0, 0.1) is 10.1 Å². The number of benzene rings is 4. The zero-order chi connectivity index (χ0) is 53.7. The summed E-state index contributed by atoms with van der Waals surface area (Å²) in [7, 11) is 1.55. The fourth-order valence-electron chi connectivity index (χ4n) is 4.40. The number of hydrogen-bond acceptors (Lipinski definition) is 12. The third-order valence-electron chi connectivity index (χ3n) is 7.49. The largest absolute Gasteiger partial charge is 0.395 e. The summed E-state index contributed by atoms with van der Waals surface area (Å²) in [5.74, 6) is 0.347. The lowest BCUT2D eigenvalue weighted by Gasteiger charge is -2.30. The van der Waals surface area contributed by atoms with E-state index in [1.54, 1.807) is 19.2 Å². The van der Waals surface area contributed by atoms with E-state index in [9.17, 15) is 28.4 Å². The predicted octanol–water partition coefficient (Wildman–Crippen LogP) is 9.10. The molecule has 0 amide bonds. The Labute approximate surface area is 441 Å². The molecular formula is C45H62Cl8F3NO12. The van der Waals surface area contributed by atoms with Crippen molar-refractivity contribution in [2.24, 2.45) is 0 Å². The van der Waals surface area contributed by atoms with E-state index in [1.165, 1.54) is 6.42 Å². The van der Waals surface area contributed by atoms with Gasteiger partial charge in [-0.25, -0.2) is 4.39 Å². The molecule has 1 aliphatic rings. The van der Waals surface area contributed by atoms with E-state index in [1.807, 2.05) is 103 Å². The average Bonchev–Trinajstić information content (AvgIpc) is 3.34. The number of halogens is 11. The number of hydrogen-bond donors (Lipinski definition) is 9. The van der Waals surface area contributed by atoms with Gasteiger partial charge in [0.2, 0.25) is 10.3 Å². The van der Waals surface area contributed by atoms with Gasteiger partial charge in [0.15, 0.2) is 6.67 Å². The summed E-state index contributed by atoms with van der Waals surface area (Å²) in [4.78, 5) is 8.06. The van der Waals surface area contributed by atoms with Crippen molar-refractivity contribution in [3.63, 3.8) is 0 Å². The average molecular weight is 1150 g/mol. The van der Waals surface area contributed by atoms with Gasteiger partial charge < -0.3 is 50.7 Å². The van der Waals surface area contributed by atoms with Crippen LogP contribution in [0.1, 0.15) is 47.9 Å². The molecular weight excluding hydrogens is 1090 g/mol. The molecule has 2 atom stereocenters. The predicted molar refractivity (Wildman–Crippen MR) is 272 cm³/mol. The van der Waals surface area contributed by atoms with Gasteiger partial charge in [-0.1, -0.05) is 168 Å². The highest BCUT2D eigenvalue weighted by Gasteiger charge is 2.33. The molecule has 0 aliphatic heterocycles. The van der Waals surface area contributed by atoms with Crippen molar-refractivity contribution >= 4 is 92.8 Å². The van der Waals surface area contributed by atoms with Gasteiger partial charge in [0.1, 0.15) is 17.0 Å². The lowest BCUT2D eigenvalue weighted by molar-refractivity contribution is -0.482. The minimum Gasteiger partial charge on any atom is -0.395 e. The summed E-state index contributed by atoms with van der Waals surface area (Å²) in [5, 5.41) is 85.5. The molecule has 0 saturated heterocycles. The number of nitro groups is 1. The molecule has 13 nitrogen and oxygen atoms in total. The number of methoxy groups -OCH3 is 1. The molecule has 24 heteroatoms. The first-order chi connectivity index (χ1) is 32.5. The number of rotatable bonds is 11.